The molecule has 2 bridgehead atoms. The lowest BCUT2D eigenvalue weighted by Crippen LogP contribution is -2.58. The van der Waals surface area contributed by atoms with Crippen molar-refractivity contribution in [1.82, 2.24) is 10.0 Å². The van der Waals surface area contributed by atoms with E-state index < -0.39 is 41.4 Å². The van der Waals surface area contributed by atoms with E-state index in [1.54, 1.807) is 24.3 Å². The number of fused-ring (bicyclic) bond motifs is 5. The molecule has 6 nitrogen and oxygen atoms in total. The zero-order chi connectivity index (χ0) is 26.6. The van der Waals surface area contributed by atoms with Gasteiger partial charge in [-0.1, -0.05) is 67.2 Å². The third-order valence-corrected chi connectivity index (χ3v) is 11.6. The van der Waals surface area contributed by atoms with Gasteiger partial charge in [-0.25, -0.2) is 5.01 Å². The summed E-state index contributed by atoms with van der Waals surface area (Å²) in [5.41, 5.74) is 0.349. The Morgan fingerprint density at radius 1 is 0.946 bits per heavy atom. The predicted octanol–water partition coefficient (Wildman–Crippen LogP) is 6.01. The van der Waals surface area contributed by atoms with Crippen LogP contribution in [-0.4, -0.2) is 55.1 Å². The molecule has 7 atom stereocenters. The molecule has 0 N–H and O–H groups in total. The van der Waals surface area contributed by atoms with E-state index in [2.05, 4.69) is 31.9 Å². The van der Waals surface area contributed by atoms with Crippen LogP contribution in [0.4, 0.5) is 0 Å². The first kappa shape index (κ1) is 27.1. The highest BCUT2D eigenvalue weighted by molar-refractivity contribution is 9.12. The van der Waals surface area contributed by atoms with Gasteiger partial charge in [0.2, 0.25) is 0 Å². The minimum absolute atomic E-state index is 0.0115. The van der Waals surface area contributed by atoms with Crippen LogP contribution in [0, 0.1) is 23.7 Å². The zero-order valence-corrected chi connectivity index (χ0v) is 24.6. The molecule has 0 radical (unpaired) electrons. The molecule has 194 valence electrons. The van der Waals surface area contributed by atoms with Gasteiger partial charge in [0, 0.05) is 26.1 Å². The molecular weight excluding hydrogens is 670 g/mol. The van der Waals surface area contributed by atoms with Gasteiger partial charge in [-0.2, -0.15) is 5.01 Å². The number of carbonyl (C=O) groups excluding carboxylic acids is 4. The van der Waals surface area contributed by atoms with E-state index in [-0.39, 0.29) is 49.9 Å². The van der Waals surface area contributed by atoms with Crippen molar-refractivity contribution in [3.05, 3.63) is 69.7 Å². The van der Waals surface area contributed by atoms with Gasteiger partial charge in [0.25, 0.3) is 17.7 Å². The Hall–Kier alpha value is -1.45. The molecular formula is C26H21Br2Cl3N2O4. The number of hydrazine groups is 1. The Morgan fingerprint density at radius 3 is 2.05 bits per heavy atom. The van der Waals surface area contributed by atoms with E-state index in [4.69, 9.17) is 34.8 Å². The van der Waals surface area contributed by atoms with Crippen LogP contribution in [0.5, 0.6) is 0 Å². The number of carbonyl (C=O) groups is 4. The lowest BCUT2D eigenvalue weighted by molar-refractivity contribution is -0.157. The van der Waals surface area contributed by atoms with Crippen molar-refractivity contribution in [3.8, 4) is 0 Å². The van der Waals surface area contributed by atoms with E-state index in [0.29, 0.717) is 5.02 Å². The number of imide groups is 1. The van der Waals surface area contributed by atoms with Gasteiger partial charge < -0.3 is 0 Å². The summed E-state index contributed by atoms with van der Waals surface area (Å²) >= 11 is 25.8. The smallest absolute Gasteiger partial charge is 0.275 e. The van der Waals surface area contributed by atoms with Crippen molar-refractivity contribution in [2.45, 2.75) is 28.5 Å². The first-order valence-corrected chi connectivity index (χ1v) is 14.9. The van der Waals surface area contributed by atoms with E-state index in [1.807, 2.05) is 0 Å². The molecule has 2 aromatic rings. The Bertz CT molecular complexity index is 1240. The van der Waals surface area contributed by atoms with Crippen molar-refractivity contribution in [1.29, 1.82) is 0 Å². The fourth-order valence-electron chi connectivity index (χ4n) is 5.95. The molecule has 1 heterocycles. The Morgan fingerprint density at radius 2 is 1.51 bits per heavy atom. The minimum atomic E-state index is -1.22. The first-order chi connectivity index (χ1) is 17.7. The average Bonchev–Trinajstić information content (AvgIpc) is 3.49. The van der Waals surface area contributed by atoms with Crippen molar-refractivity contribution in [2.24, 2.45) is 23.7 Å². The maximum Gasteiger partial charge on any atom is 0.275 e. The maximum absolute atomic E-state index is 14.0. The molecule has 37 heavy (non-hydrogen) atoms. The summed E-state index contributed by atoms with van der Waals surface area (Å²) in [7, 11) is 0. The monoisotopic (exact) mass is 688 g/mol. The van der Waals surface area contributed by atoms with E-state index in [0.717, 1.165) is 16.4 Å². The maximum atomic E-state index is 14.0. The van der Waals surface area contributed by atoms with Gasteiger partial charge in [-0.05, 0) is 61.1 Å². The van der Waals surface area contributed by atoms with Crippen LogP contribution in [0.1, 0.15) is 33.6 Å². The lowest BCUT2D eigenvalue weighted by Gasteiger charge is -2.37. The van der Waals surface area contributed by atoms with Crippen LogP contribution < -0.4 is 0 Å². The summed E-state index contributed by atoms with van der Waals surface area (Å²) in [6.07, 6.45) is 0.750. The van der Waals surface area contributed by atoms with Gasteiger partial charge in [0.1, 0.15) is 6.04 Å². The lowest BCUT2D eigenvalue weighted by atomic mass is 9.81. The van der Waals surface area contributed by atoms with Crippen LogP contribution in [0.2, 0.25) is 10.0 Å². The summed E-state index contributed by atoms with van der Waals surface area (Å²) in [4.78, 5) is 55.7. The van der Waals surface area contributed by atoms with E-state index in [1.165, 1.54) is 24.3 Å². The minimum Gasteiger partial charge on any atom is -0.292 e. The number of halogens is 5. The Labute approximate surface area is 245 Å². The SMILES string of the molecule is O=C(c1ccc(Cl)cc1)[C@H](CCCl)N(C(=O)c1ccccc1Cl)N1C(=O)[C@@H]2[C@H]3C[C@@H]([C@H](Br)[C@@H]3Br)[C@@H]2C1=O. The summed E-state index contributed by atoms with van der Waals surface area (Å²) in [6, 6.07) is 11.3. The standard InChI is InChI=1S/C26H21Br2Cl3N2O4/c27-21-15-11-16(22(21)28)20-19(15)25(36)33(26(20)37)32(24(35)14-3-1-2-4-17(14)31)18(9-10-29)23(34)12-5-7-13(30)8-6-12/h1-8,15-16,18-22H,9-11H2/t15-,16-,18+,19-,20+,21-,22+/m1/s1. The number of rotatable bonds is 7. The fraction of sp³-hybridized carbons (Fsp3) is 0.385. The molecule has 11 heteroatoms. The van der Waals surface area contributed by atoms with Gasteiger partial charge in [0.15, 0.2) is 5.78 Å². The molecule has 3 amide bonds. The van der Waals surface area contributed by atoms with Gasteiger partial charge in [-0.15, -0.1) is 11.6 Å². The molecule has 2 aromatic carbocycles. The second-order valence-electron chi connectivity index (χ2n) is 9.49. The van der Waals surface area contributed by atoms with Crippen molar-refractivity contribution in [2.75, 3.05) is 5.88 Å². The van der Waals surface area contributed by atoms with Crippen LogP contribution in [0.3, 0.4) is 0 Å². The zero-order valence-electron chi connectivity index (χ0n) is 19.2. The highest BCUT2D eigenvalue weighted by Crippen LogP contribution is 2.60. The number of hydrogen-bond acceptors (Lipinski definition) is 4. The number of alkyl halides is 3. The molecule has 0 aromatic heterocycles. The molecule has 1 aliphatic heterocycles. The van der Waals surface area contributed by atoms with Gasteiger partial charge in [0.05, 0.1) is 22.4 Å². The second-order valence-corrected chi connectivity index (χ2v) is 12.8. The van der Waals surface area contributed by atoms with Gasteiger partial charge >= 0.3 is 0 Å². The normalized spacial score (nSPS) is 28.9. The Balaban J connectivity index is 1.61. The Kier molecular flexibility index (Phi) is 7.78. The largest absolute Gasteiger partial charge is 0.292 e. The molecule has 1 saturated heterocycles. The molecule has 2 saturated carbocycles. The van der Waals surface area contributed by atoms with Crippen molar-refractivity contribution in [3.63, 3.8) is 0 Å². The molecule has 0 unspecified atom stereocenters. The third kappa shape index (κ3) is 4.46. The summed E-state index contributed by atoms with van der Waals surface area (Å²) in [5.74, 6) is -3.38. The number of nitrogens with zero attached hydrogens (tertiary/aromatic N) is 2. The number of benzene rings is 2. The highest BCUT2D eigenvalue weighted by Gasteiger charge is 2.68. The number of ketones is 1. The quantitative estimate of drug-likeness (QED) is 0.203. The first-order valence-electron chi connectivity index (χ1n) is 11.8. The summed E-state index contributed by atoms with van der Waals surface area (Å²) < 4.78 is 0. The highest BCUT2D eigenvalue weighted by atomic mass is 79.9. The van der Waals surface area contributed by atoms with Crippen molar-refractivity contribution >= 4 is 90.2 Å². The molecule has 3 fully saturated rings. The third-order valence-electron chi connectivity index (χ3n) is 7.60. The van der Waals surface area contributed by atoms with E-state index in [9.17, 15) is 19.2 Å². The predicted molar refractivity (Wildman–Crippen MR) is 148 cm³/mol. The average molecular weight is 692 g/mol. The molecule has 5 rings (SSSR count). The number of hydrogen-bond donors (Lipinski definition) is 0. The second kappa shape index (κ2) is 10.6. The number of Topliss-reactive ketones (excluding diaryl/α,β-unsaturated/α-hetero) is 1. The van der Waals surface area contributed by atoms with Crippen LogP contribution in [0.15, 0.2) is 48.5 Å². The van der Waals surface area contributed by atoms with Crippen molar-refractivity contribution < 1.29 is 19.2 Å². The summed E-state index contributed by atoms with van der Waals surface area (Å²) in [6.45, 7) is 0. The topological polar surface area (TPSA) is 74.8 Å². The van der Waals surface area contributed by atoms with Crippen LogP contribution in [0.25, 0.3) is 0 Å². The molecule has 0 spiro atoms. The number of amides is 3. The fourth-order valence-corrected chi connectivity index (χ4v) is 8.37. The van der Waals surface area contributed by atoms with Gasteiger partial charge in [-0.3, -0.25) is 19.2 Å². The van der Waals surface area contributed by atoms with Crippen LogP contribution >= 0.6 is 66.7 Å². The van der Waals surface area contributed by atoms with E-state index >= 15 is 0 Å². The summed E-state index contributed by atoms with van der Waals surface area (Å²) in [5, 5.41) is 2.48. The molecule has 3 aliphatic rings. The molecule has 2 aliphatic carbocycles. The van der Waals surface area contributed by atoms with Crippen LogP contribution in [-0.2, 0) is 9.59 Å².